The van der Waals surface area contributed by atoms with E-state index in [1.807, 2.05) is 0 Å². The lowest BCUT2D eigenvalue weighted by molar-refractivity contribution is -0.889. The molecule has 316 valence electrons. The fraction of sp³-hybridized carbons (Fsp3) is 0.723. The number of rotatable bonds is 38. The number of carboxylic acids is 1. The Labute approximate surface area is 337 Å². The number of ether oxygens (including phenoxy) is 3. The number of carbonyl (C=O) groups excluding carboxylic acids is 3. The fourth-order valence-corrected chi connectivity index (χ4v) is 6.01. The minimum Gasteiger partial charge on any atom is -0.544 e. The molecule has 2 atom stereocenters. The highest BCUT2D eigenvalue weighted by Crippen LogP contribution is 2.13. The van der Waals surface area contributed by atoms with Gasteiger partial charge in [-0.15, -0.1) is 0 Å². The molecule has 2 unspecified atom stereocenters. The predicted molar refractivity (Wildman–Crippen MR) is 226 cm³/mol. The van der Waals surface area contributed by atoms with Gasteiger partial charge in [0.05, 0.1) is 40.3 Å². The Kier molecular flexibility index (Phi) is 35.9. The number of esters is 2. The molecule has 8 heteroatoms. The number of nitrogens with zero attached hydrogens (tertiary/aromatic N) is 1. The van der Waals surface area contributed by atoms with Crippen molar-refractivity contribution in [3.63, 3.8) is 0 Å². The van der Waals surface area contributed by atoms with E-state index in [2.05, 4.69) is 74.6 Å². The molecule has 0 saturated heterocycles. The van der Waals surface area contributed by atoms with E-state index in [1.165, 1.54) is 70.6 Å². The van der Waals surface area contributed by atoms with Crippen LogP contribution in [0.3, 0.4) is 0 Å². The van der Waals surface area contributed by atoms with E-state index in [9.17, 15) is 19.5 Å². The minimum atomic E-state index is -1.14. The Bertz CT molecular complexity index is 1090. The standard InChI is InChI=1S/C47H81NO7/c1-6-8-10-12-14-16-18-20-22-23-24-26-28-30-32-34-36-38-46(50)55-43(41-53-40-39-44(47(51)52)48(3,4)5)42-54-45(49)37-35-33-31-29-27-25-21-19-17-15-13-11-9-7-2/h9,11,15,17,20,22,24,26,30,32,43-44H,6-8,10,12-14,16,18-19,21,23,25,27-29,31,33-42H2,1-5H3/b11-9+,17-15+,22-20+,26-24+,32-30+. The molecule has 0 bridgehead atoms. The lowest BCUT2D eigenvalue weighted by Gasteiger charge is -2.34. The summed E-state index contributed by atoms with van der Waals surface area (Å²) in [6.07, 6.45) is 45.4. The van der Waals surface area contributed by atoms with Gasteiger partial charge in [-0.3, -0.25) is 9.59 Å². The first-order chi connectivity index (χ1) is 26.6. The number of unbranched alkanes of at least 4 members (excludes halogenated alkanes) is 14. The first kappa shape index (κ1) is 52.0. The first-order valence-corrected chi connectivity index (χ1v) is 21.8. The van der Waals surface area contributed by atoms with Crippen molar-refractivity contribution in [2.75, 3.05) is 41.0 Å². The predicted octanol–water partition coefficient (Wildman–Crippen LogP) is 10.5. The lowest BCUT2D eigenvalue weighted by atomic mass is 10.1. The molecule has 0 aromatic carbocycles. The molecule has 0 heterocycles. The molecular formula is C47H81NO7. The van der Waals surface area contributed by atoms with Crippen LogP contribution >= 0.6 is 0 Å². The summed E-state index contributed by atoms with van der Waals surface area (Å²) in [5.41, 5.74) is 0. The average Bonchev–Trinajstić information content (AvgIpc) is 3.14. The zero-order valence-corrected chi connectivity index (χ0v) is 35.8. The Morgan fingerprint density at radius 3 is 1.56 bits per heavy atom. The van der Waals surface area contributed by atoms with E-state index in [0.717, 1.165) is 57.8 Å². The van der Waals surface area contributed by atoms with E-state index in [-0.39, 0.29) is 49.1 Å². The lowest BCUT2D eigenvalue weighted by Crippen LogP contribution is -2.55. The van der Waals surface area contributed by atoms with Crippen LogP contribution < -0.4 is 5.11 Å². The van der Waals surface area contributed by atoms with Gasteiger partial charge in [0.1, 0.15) is 12.6 Å². The normalized spacial score (nSPS) is 13.5. The summed E-state index contributed by atoms with van der Waals surface area (Å²) in [5, 5.41) is 11.6. The van der Waals surface area contributed by atoms with Gasteiger partial charge in [0.25, 0.3) is 0 Å². The van der Waals surface area contributed by atoms with Gasteiger partial charge in [0, 0.05) is 19.3 Å². The summed E-state index contributed by atoms with van der Waals surface area (Å²) < 4.78 is 17.1. The van der Waals surface area contributed by atoms with Crippen molar-refractivity contribution in [1.29, 1.82) is 0 Å². The van der Waals surface area contributed by atoms with Gasteiger partial charge in [0.2, 0.25) is 0 Å². The average molecular weight is 772 g/mol. The smallest absolute Gasteiger partial charge is 0.306 e. The summed E-state index contributed by atoms with van der Waals surface area (Å²) in [5.74, 6) is -1.82. The molecule has 0 aliphatic carbocycles. The number of hydrogen-bond acceptors (Lipinski definition) is 7. The second-order valence-electron chi connectivity index (χ2n) is 15.5. The monoisotopic (exact) mass is 772 g/mol. The summed E-state index contributed by atoms with van der Waals surface area (Å²) in [6.45, 7) is 4.48. The van der Waals surface area contributed by atoms with Crippen molar-refractivity contribution in [1.82, 2.24) is 0 Å². The van der Waals surface area contributed by atoms with Crippen molar-refractivity contribution >= 4 is 17.9 Å². The molecule has 0 aromatic heterocycles. The van der Waals surface area contributed by atoms with E-state index in [4.69, 9.17) is 14.2 Å². The van der Waals surface area contributed by atoms with Crippen molar-refractivity contribution in [2.45, 2.75) is 180 Å². The van der Waals surface area contributed by atoms with Crippen molar-refractivity contribution < 1.29 is 38.2 Å². The molecule has 0 rings (SSSR count). The van der Waals surface area contributed by atoms with Gasteiger partial charge < -0.3 is 28.6 Å². The molecule has 0 aliphatic heterocycles. The second-order valence-corrected chi connectivity index (χ2v) is 15.5. The molecule has 0 saturated carbocycles. The molecular weight excluding hydrogens is 691 g/mol. The minimum absolute atomic E-state index is 0.0160. The van der Waals surface area contributed by atoms with Crippen LogP contribution in [0.2, 0.25) is 0 Å². The van der Waals surface area contributed by atoms with Gasteiger partial charge in [-0.2, -0.15) is 0 Å². The van der Waals surface area contributed by atoms with Crippen molar-refractivity contribution in [3.05, 3.63) is 60.8 Å². The van der Waals surface area contributed by atoms with E-state index < -0.39 is 18.1 Å². The highest BCUT2D eigenvalue weighted by atomic mass is 16.6. The number of carboxylic acid groups (broad SMARTS) is 1. The molecule has 0 spiro atoms. The highest BCUT2D eigenvalue weighted by molar-refractivity contribution is 5.70. The maximum absolute atomic E-state index is 12.7. The van der Waals surface area contributed by atoms with E-state index >= 15 is 0 Å². The van der Waals surface area contributed by atoms with E-state index in [0.29, 0.717) is 12.8 Å². The third-order valence-corrected chi connectivity index (χ3v) is 9.39. The van der Waals surface area contributed by atoms with Crippen molar-refractivity contribution in [2.24, 2.45) is 0 Å². The summed E-state index contributed by atoms with van der Waals surface area (Å²) in [6, 6.07) is -0.737. The zero-order valence-electron chi connectivity index (χ0n) is 35.8. The number of likely N-dealkylation sites (N-methyl/N-ethyl adjacent to an activating group) is 1. The molecule has 8 nitrogen and oxygen atoms in total. The third kappa shape index (κ3) is 36.4. The quantitative estimate of drug-likeness (QED) is 0.0266. The van der Waals surface area contributed by atoms with E-state index in [1.54, 1.807) is 21.1 Å². The topological polar surface area (TPSA) is 102 Å². The Morgan fingerprint density at radius 2 is 1.04 bits per heavy atom. The molecule has 0 amide bonds. The van der Waals surface area contributed by atoms with Crippen LogP contribution in [0.4, 0.5) is 0 Å². The number of carbonyl (C=O) groups is 3. The van der Waals surface area contributed by atoms with Crippen LogP contribution in [0, 0.1) is 0 Å². The Hall–Kier alpha value is -2.97. The largest absolute Gasteiger partial charge is 0.544 e. The van der Waals surface area contributed by atoms with Crippen LogP contribution in [-0.4, -0.2) is 75.5 Å². The van der Waals surface area contributed by atoms with Gasteiger partial charge in [-0.25, -0.2) is 0 Å². The molecule has 0 radical (unpaired) electrons. The zero-order chi connectivity index (χ0) is 40.7. The van der Waals surface area contributed by atoms with Crippen LogP contribution in [0.25, 0.3) is 0 Å². The van der Waals surface area contributed by atoms with Gasteiger partial charge in [-0.1, -0.05) is 139 Å². The van der Waals surface area contributed by atoms with Gasteiger partial charge in [0.15, 0.2) is 6.10 Å². The number of aliphatic carboxylic acids is 1. The Balaban J connectivity index is 4.46. The Morgan fingerprint density at radius 1 is 0.564 bits per heavy atom. The summed E-state index contributed by atoms with van der Waals surface area (Å²) >= 11 is 0. The van der Waals surface area contributed by atoms with Crippen LogP contribution in [-0.2, 0) is 28.6 Å². The SMILES string of the molecule is CC/C=C/C/C=C/CCCCCCCCCC(=O)OCC(COCCC(C(=O)[O-])[N+](C)(C)C)OC(=O)CCC/C=C/C/C=C/C/C=C/CCCCCCCC. The molecule has 0 aromatic rings. The summed E-state index contributed by atoms with van der Waals surface area (Å²) in [7, 11) is 5.38. The number of quaternary nitrogens is 1. The number of hydrogen-bond donors (Lipinski definition) is 0. The molecule has 0 aliphatic rings. The maximum atomic E-state index is 12.7. The van der Waals surface area contributed by atoms with Gasteiger partial charge >= 0.3 is 11.9 Å². The van der Waals surface area contributed by atoms with Crippen LogP contribution in [0.1, 0.15) is 168 Å². The maximum Gasteiger partial charge on any atom is 0.306 e. The van der Waals surface area contributed by atoms with Crippen LogP contribution in [0.15, 0.2) is 60.8 Å². The molecule has 0 N–H and O–H groups in total. The third-order valence-electron chi connectivity index (χ3n) is 9.39. The first-order valence-electron chi connectivity index (χ1n) is 21.8. The summed E-state index contributed by atoms with van der Waals surface area (Å²) in [4.78, 5) is 36.8. The fourth-order valence-electron chi connectivity index (χ4n) is 6.01. The number of allylic oxidation sites excluding steroid dienone is 10. The van der Waals surface area contributed by atoms with Crippen LogP contribution in [0.5, 0.6) is 0 Å². The second kappa shape index (κ2) is 37.9. The molecule has 55 heavy (non-hydrogen) atoms. The van der Waals surface area contributed by atoms with Gasteiger partial charge in [-0.05, 0) is 70.6 Å². The van der Waals surface area contributed by atoms with Crippen molar-refractivity contribution in [3.8, 4) is 0 Å². The highest BCUT2D eigenvalue weighted by Gasteiger charge is 2.25. The molecule has 0 fully saturated rings.